The first-order valence-electron chi connectivity index (χ1n) is 6.92. The van der Waals surface area contributed by atoms with Crippen molar-refractivity contribution in [3.8, 4) is 5.75 Å². The normalized spacial score (nSPS) is 18.1. The Morgan fingerprint density at radius 1 is 1.35 bits per heavy atom. The van der Waals surface area contributed by atoms with E-state index in [0.29, 0.717) is 0 Å². The number of nitrogens with zero attached hydrogens (tertiary/aromatic N) is 2. The van der Waals surface area contributed by atoms with Crippen LogP contribution in [-0.2, 0) is 13.1 Å². The lowest BCUT2D eigenvalue weighted by Crippen LogP contribution is -2.40. The Hall–Kier alpha value is -1.39. The quantitative estimate of drug-likeness (QED) is 0.844. The van der Waals surface area contributed by atoms with Gasteiger partial charge in [0.1, 0.15) is 11.4 Å². The molecule has 1 aliphatic heterocycles. The van der Waals surface area contributed by atoms with Gasteiger partial charge >= 0.3 is 0 Å². The Kier molecular flexibility index (Phi) is 3.52. The molecule has 3 rings (SSSR count). The van der Waals surface area contributed by atoms with Gasteiger partial charge in [0.05, 0.1) is 5.01 Å². The first kappa shape index (κ1) is 13.6. The van der Waals surface area contributed by atoms with E-state index < -0.39 is 0 Å². The molecule has 3 nitrogen and oxygen atoms in total. The summed E-state index contributed by atoms with van der Waals surface area (Å²) in [4.78, 5) is 8.11. The van der Waals surface area contributed by atoms with E-state index in [1.807, 2.05) is 12.3 Å². The largest absolute Gasteiger partial charge is 0.486 e. The smallest absolute Gasteiger partial charge is 0.124 e. The average Bonchev–Trinajstić information content (AvgIpc) is 2.70. The van der Waals surface area contributed by atoms with Crippen molar-refractivity contribution >= 4 is 11.3 Å². The fraction of sp³-hybridized carbons (Fsp3) is 0.438. The van der Waals surface area contributed by atoms with Crippen LogP contribution in [-0.4, -0.2) is 22.0 Å². The highest BCUT2D eigenvalue weighted by Crippen LogP contribution is 2.30. The van der Waals surface area contributed by atoms with E-state index >= 15 is 0 Å². The SMILES string of the molecule is Cc1ncc(CN2Cc3ccccc3OC(C)(C)C2)s1. The Morgan fingerprint density at radius 3 is 2.90 bits per heavy atom. The van der Waals surface area contributed by atoms with E-state index in [9.17, 15) is 0 Å². The lowest BCUT2D eigenvalue weighted by molar-refractivity contribution is 0.0686. The van der Waals surface area contributed by atoms with E-state index in [2.05, 4.69) is 48.9 Å². The van der Waals surface area contributed by atoms with Gasteiger partial charge in [0, 0.05) is 36.3 Å². The summed E-state index contributed by atoms with van der Waals surface area (Å²) in [7, 11) is 0. The number of aryl methyl sites for hydroxylation is 1. The molecule has 4 heteroatoms. The van der Waals surface area contributed by atoms with Crippen molar-refractivity contribution in [3.05, 3.63) is 45.9 Å². The number of ether oxygens (including phenoxy) is 1. The van der Waals surface area contributed by atoms with Crippen LogP contribution in [0.25, 0.3) is 0 Å². The predicted octanol–water partition coefficient (Wildman–Crippen LogP) is 3.62. The first-order valence-corrected chi connectivity index (χ1v) is 7.74. The standard InChI is InChI=1S/C16H20N2OS/c1-12-17-8-14(20-12)10-18-9-13-6-4-5-7-15(13)19-16(2,3)11-18/h4-8H,9-11H2,1-3H3. The van der Waals surface area contributed by atoms with E-state index in [1.165, 1.54) is 10.4 Å². The molecule has 1 aromatic carbocycles. The zero-order valence-corrected chi connectivity index (χ0v) is 13.0. The highest BCUT2D eigenvalue weighted by atomic mass is 32.1. The molecule has 0 aliphatic carbocycles. The Balaban J connectivity index is 1.85. The predicted molar refractivity (Wildman–Crippen MR) is 82.1 cm³/mol. The van der Waals surface area contributed by atoms with Gasteiger partial charge in [-0.25, -0.2) is 4.98 Å². The molecular formula is C16H20N2OS. The third kappa shape index (κ3) is 3.02. The molecule has 1 aliphatic rings. The van der Waals surface area contributed by atoms with Crippen LogP contribution in [0.5, 0.6) is 5.75 Å². The van der Waals surface area contributed by atoms with E-state index in [1.54, 1.807) is 11.3 Å². The Bertz CT molecular complexity index is 606. The molecule has 0 bridgehead atoms. The fourth-order valence-corrected chi connectivity index (χ4v) is 3.55. The average molecular weight is 288 g/mol. The molecule has 0 saturated carbocycles. The van der Waals surface area contributed by atoms with Gasteiger partial charge in [-0.1, -0.05) is 18.2 Å². The highest BCUT2D eigenvalue weighted by molar-refractivity contribution is 7.11. The molecule has 0 atom stereocenters. The molecule has 2 aromatic rings. The van der Waals surface area contributed by atoms with Crippen LogP contribution in [0, 0.1) is 6.92 Å². The second-order valence-corrected chi connectivity index (χ2v) is 7.28. The molecular weight excluding hydrogens is 268 g/mol. The lowest BCUT2D eigenvalue weighted by atomic mass is 10.1. The van der Waals surface area contributed by atoms with E-state index in [4.69, 9.17) is 4.74 Å². The summed E-state index contributed by atoms with van der Waals surface area (Å²) < 4.78 is 6.16. The number of fused-ring (bicyclic) bond motifs is 1. The molecule has 106 valence electrons. The Labute approximate surface area is 124 Å². The molecule has 1 aromatic heterocycles. The van der Waals surface area contributed by atoms with Gasteiger partial charge in [0.2, 0.25) is 0 Å². The van der Waals surface area contributed by atoms with E-state index in [0.717, 1.165) is 30.4 Å². The third-order valence-corrected chi connectivity index (χ3v) is 4.30. The minimum Gasteiger partial charge on any atom is -0.486 e. The third-order valence-electron chi connectivity index (χ3n) is 3.41. The number of para-hydroxylation sites is 1. The topological polar surface area (TPSA) is 25.4 Å². The first-order chi connectivity index (χ1) is 9.52. The Morgan fingerprint density at radius 2 is 2.15 bits per heavy atom. The van der Waals surface area contributed by atoms with Crippen molar-refractivity contribution in [1.82, 2.24) is 9.88 Å². The van der Waals surface area contributed by atoms with Crippen LogP contribution < -0.4 is 4.74 Å². The van der Waals surface area contributed by atoms with Crippen LogP contribution in [0.1, 0.15) is 29.3 Å². The molecule has 0 N–H and O–H groups in total. The minimum absolute atomic E-state index is 0.174. The molecule has 20 heavy (non-hydrogen) atoms. The summed E-state index contributed by atoms with van der Waals surface area (Å²) in [5.74, 6) is 1.01. The number of hydrogen-bond acceptors (Lipinski definition) is 4. The second-order valence-electron chi connectivity index (χ2n) is 5.96. The summed E-state index contributed by atoms with van der Waals surface area (Å²) >= 11 is 1.78. The summed E-state index contributed by atoms with van der Waals surface area (Å²) in [6.45, 7) is 9.14. The van der Waals surface area contributed by atoms with Crippen LogP contribution >= 0.6 is 11.3 Å². The molecule has 0 fully saturated rings. The summed E-state index contributed by atoms with van der Waals surface area (Å²) in [5, 5.41) is 1.13. The summed E-state index contributed by atoms with van der Waals surface area (Å²) in [6.07, 6.45) is 1.99. The number of thiazole rings is 1. The van der Waals surface area contributed by atoms with Crippen molar-refractivity contribution in [3.63, 3.8) is 0 Å². The van der Waals surface area contributed by atoms with Crippen molar-refractivity contribution in [2.75, 3.05) is 6.54 Å². The van der Waals surface area contributed by atoms with Gasteiger partial charge in [-0.3, -0.25) is 4.90 Å². The summed E-state index contributed by atoms with van der Waals surface area (Å²) in [5.41, 5.74) is 1.09. The lowest BCUT2D eigenvalue weighted by Gasteiger charge is -2.29. The maximum absolute atomic E-state index is 6.16. The van der Waals surface area contributed by atoms with Crippen LogP contribution in [0.2, 0.25) is 0 Å². The van der Waals surface area contributed by atoms with Crippen LogP contribution in [0.3, 0.4) is 0 Å². The van der Waals surface area contributed by atoms with Crippen molar-refractivity contribution in [2.45, 2.75) is 39.5 Å². The fourth-order valence-electron chi connectivity index (χ4n) is 2.71. The number of hydrogen-bond donors (Lipinski definition) is 0. The molecule has 0 spiro atoms. The molecule has 0 amide bonds. The number of benzene rings is 1. The van der Waals surface area contributed by atoms with Crippen molar-refractivity contribution < 1.29 is 4.74 Å². The van der Waals surface area contributed by atoms with Gasteiger partial charge in [0.15, 0.2) is 0 Å². The summed E-state index contributed by atoms with van der Waals surface area (Å²) in [6, 6.07) is 8.34. The highest BCUT2D eigenvalue weighted by Gasteiger charge is 2.29. The second kappa shape index (κ2) is 5.19. The molecule has 0 saturated heterocycles. The molecule has 0 radical (unpaired) electrons. The van der Waals surface area contributed by atoms with Gasteiger partial charge < -0.3 is 4.74 Å². The van der Waals surface area contributed by atoms with Crippen LogP contribution in [0.4, 0.5) is 0 Å². The van der Waals surface area contributed by atoms with Gasteiger partial charge in [-0.2, -0.15) is 0 Å². The monoisotopic (exact) mass is 288 g/mol. The van der Waals surface area contributed by atoms with Crippen molar-refractivity contribution in [1.29, 1.82) is 0 Å². The molecule has 2 heterocycles. The number of aromatic nitrogens is 1. The minimum atomic E-state index is -0.174. The number of rotatable bonds is 2. The van der Waals surface area contributed by atoms with E-state index in [-0.39, 0.29) is 5.60 Å². The maximum Gasteiger partial charge on any atom is 0.124 e. The van der Waals surface area contributed by atoms with Gasteiger partial charge in [-0.05, 0) is 26.8 Å². The zero-order valence-electron chi connectivity index (χ0n) is 12.2. The zero-order chi connectivity index (χ0) is 14.2. The van der Waals surface area contributed by atoms with Gasteiger partial charge in [0.25, 0.3) is 0 Å². The van der Waals surface area contributed by atoms with Crippen LogP contribution in [0.15, 0.2) is 30.5 Å². The maximum atomic E-state index is 6.16. The van der Waals surface area contributed by atoms with Crippen molar-refractivity contribution in [2.24, 2.45) is 0 Å². The van der Waals surface area contributed by atoms with Gasteiger partial charge in [-0.15, -0.1) is 11.3 Å². The molecule has 0 unspecified atom stereocenters.